The van der Waals surface area contributed by atoms with E-state index in [1.54, 1.807) is 30.3 Å². The van der Waals surface area contributed by atoms with Crippen molar-refractivity contribution < 1.29 is 42.6 Å². The number of aliphatic hydroxyl groups is 1. The fourth-order valence-corrected chi connectivity index (χ4v) is 3.26. The van der Waals surface area contributed by atoms with Gasteiger partial charge >= 0.3 is 19.4 Å². The number of rotatable bonds is 11. The number of carbonyl (C=O) groups excluding carboxylic acids is 2. The smallest absolute Gasteiger partial charge is 0.408 e. The molecule has 0 bridgehead atoms. The van der Waals surface area contributed by atoms with Crippen LogP contribution in [-0.4, -0.2) is 46.1 Å². The van der Waals surface area contributed by atoms with Gasteiger partial charge in [0.1, 0.15) is 12.6 Å². The van der Waals surface area contributed by atoms with Gasteiger partial charge in [-0.15, -0.1) is 0 Å². The van der Waals surface area contributed by atoms with Crippen LogP contribution in [0, 0.1) is 0 Å². The van der Waals surface area contributed by atoms with Crippen molar-refractivity contribution in [2.24, 2.45) is 0 Å². The van der Waals surface area contributed by atoms with Crippen molar-refractivity contribution in [3.8, 4) is 0 Å². The molecule has 0 spiro atoms. The number of ether oxygens (including phenoxy) is 1. The van der Waals surface area contributed by atoms with Gasteiger partial charge in [-0.25, -0.2) is 4.79 Å². The predicted molar refractivity (Wildman–Crippen MR) is 114 cm³/mol. The lowest BCUT2D eigenvalue weighted by atomic mass is 10.0. The van der Waals surface area contributed by atoms with Crippen LogP contribution < -0.4 is 10.6 Å². The number of nitrogens with one attached hydrogen (secondary N) is 2. The highest BCUT2D eigenvalue weighted by Crippen LogP contribution is 2.59. The van der Waals surface area contributed by atoms with Crippen molar-refractivity contribution in [3.63, 3.8) is 0 Å². The largest absolute Gasteiger partial charge is 0.445 e. The van der Waals surface area contributed by atoms with Crippen LogP contribution in [0.15, 0.2) is 54.6 Å². The topological polar surface area (TPSA) is 145 Å². The molecule has 0 aliphatic rings. The van der Waals surface area contributed by atoms with Crippen LogP contribution in [-0.2, 0) is 32.8 Å². The van der Waals surface area contributed by atoms with E-state index in [9.17, 15) is 22.9 Å². The fourth-order valence-electron chi connectivity index (χ4n) is 2.78. The second kappa shape index (κ2) is 11.9. The summed E-state index contributed by atoms with van der Waals surface area (Å²) >= 11 is 0. The maximum atomic E-state index is 13.8. The van der Waals surface area contributed by atoms with Crippen molar-refractivity contribution in [2.45, 2.75) is 31.2 Å². The van der Waals surface area contributed by atoms with Crippen LogP contribution in [0.25, 0.3) is 0 Å². The number of hydrogen-bond acceptors (Lipinski definition) is 5. The molecular formula is C21H25F2N2O7P. The average molecular weight is 486 g/mol. The van der Waals surface area contributed by atoms with Crippen LogP contribution in [0.3, 0.4) is 0 Å². The fraction of sp³-hybridized carbons (Fsp3) is 0.333. The van der Waals surface area contributed by atoms with E-state index < -0.39 is 36.9 Å². The first-order valence-electron chi connectivity index (χ1n) is 9.93. The molecule has 0 unspecified atom stereocenters. The van der Waals surface area contributed by atoms with E-state index in [2.05, 4.69) is 10.6 Å². The Balaban J connectivity index is 2.09. The third-order valence-corrected chi connectivity index (χ3v) is 5.55. The van der Waals surface area contributed by atoms with E-state index in [0.717, 1.165) is 17.7 Å². The average Bonchev–Trinajstić information content (AvgIpc) is 2.77. The summed E-state index contributed by atoms with van der Waals surface area (Å²) in [7, 11) is -5.71. The minimum atomic E-state index is -5.71. The first kappa shape index (κ1) is 26.4. The number of aliphatic hydroxyl groups excluding tert-OH is 1. The molecule has 180 valence electrons. The Morgan fingerprint density at radius 1 is 1.03 bits per heavy atom. The molecule has 0 saturated heterocycles. The van der Waals surface area contributed by atoms with E-state index in [0.29, 0.717) is 12.0 Å². The van der Waals surface area contributed by atoms with Gasteiger partial charge in [-0.1, -0.05) is 54.6 Å². The van der Waals surface area contributed by atoms with Gasteiger partial charge in [0.25, 0.3) is 0 Å². The van der Waals surface area contributed by atoms with Crippen LogP contribution in [0.4, 0.5) is 13.6 Å². The minimum Gasteiger partial charge on any atom is -0.445 e. The maximum absolute atomic E-state index is 13.8. The van der Waals surface area contributed by atoms with E-state index in [-0.39, 0.29) is 26.2 Å². The van der Waals surface area contributed by atoms with Crippen LogP contribution >= 0.6 is 7.60 Å². The van der Waals surface area contributed by atoms with Crippen molar-refractivity contribution in [1.29, 1.82) is 0 Å². The third kappa shape index (κ3) is 7.90. The zero-order valence-electron chi connectivity index (χ0n) is 17.5. The van der Waals surface area contributed by atoms with Crippen LogP contribution in [0.1, 0.15) is 23.1 Å². The van der Waals surface area contributed by atoms with Crippen molar-refractivity contribution in [3.05, 3.63) is 71.3 Å². The Hall–Kier alpha value is -2.85. The molecule has 0 aromatic heterocycles. The number of carbonyl (C=O) groups is 2. The summed E-state index contributed by atoms with van der Waals surface area (Å²) in [5.74, 6) is -0.579. The van der Waals surface area contributed by atoms with Gasteiger partial charge in [0.15, 0.2) is 0 Å². The van der Waals surface area contributed by atoms with Gasteiger partial charge in [0, 0.05) is 25.1 Å². The van der Waals surface area contributed by atoms with Gasteiger partial charge in [0.05, 0.1) is 0 Å². The summed E-state index contributed by atoms with van der Waals surface area (Å²) < 4.78 is 43.8. The second-order valence-electron chi connectivity index (χ2n) is 7.11. The van der Waals surface area contributed by atoms with Gasteiger partial charge in [-0.3, -0.25) is 9.36 Å². The van der Waals surface area contributed by atoms with E-state index >= 15 is 0 Å². The molecule has 0 fully saturated rings. The number of alkyl halides is 2. The lowest BCUT2D eigenvalue weighted by Crippen LogP contribution is -2.48. The van der Waals surface area contributed by atoms with E-state index in [1.807, 2.05) is 0 Å². The second-order valence-corrected chi connectivity index (χ2v) is 8.76. The Bertz CT molecular complexity index is 968. The van der Waals surface area contributed by atoms with E-state index in [4.69, 9.17) is 19.6 Å². The number of alkyl carbamates (subject to hydrolysis) is 1. The summed E-state index contributed by atoms with van der Waals surface area (Å²) in [6, 6.07) is 11.8. The lowest BCUT2D eigenvalue weighted by molar-refractivity contribution is -0.123. The van der Waals surface area contributed by atoms with Crippen LogP contribution in [0.2, 0.25) is 0 Å². The molecule has 2 rings (SSSR count). The first-order chi connectivity index (χ1) is 15.5. The highest BCUT2D eigenvalue weighted by Gasteiger charge is 2.50. The standard InChI is InChI=1S/C21H25F2N2O7P/c22-21(23,33(29,30)31)17-9-7-15(8-10-17)13-18(19(27)24-11-4-12-26)25-20(28)32-14-16-5-2-1-3-6-16/h1-3,5-10,18,26H,4,11-14H2,(H,24,27)(H,25,28)(H2,29,30,31)/t18-/m0/s1. The molecule has 0 aliphatic carbocycles. The Labute approximate surface area is 188 Å². The third-order valence-electron chi connectivity index (χ3n) is 4.56. The van der Waals surface area contributed by atoms with Crippen molar-refractivity contribution in [1.82, 2.24) is 10.6 Å². The monoisotopic (exact) mass is 486 g/mol. The highest BCUT2D eigenvalue weighted by molar-refractivity contribution is 7.52. The summed E-state index contributed by atoms with van der Waals surface area (Å²) in [6.07, 6.45) is -0.679. The maximum Gasteiger partial charge on any atom is 0.408 e. The molecule has 0 saturated carbocycles. The zero-order valence-corrected chi connectivity index (χ0v) is 18.4. The molecule has 2 aromatic rings. The molecule has 1 atom stereocenters. The van der Waals surface area contributed by atoms with E-state index in [1.165, 1.54) is 12.1 Å². The molecule has 0 radical (unpaired) electrons. The molecular weight excluding hydrogens is 461 g/mol. The summed E-state index contributed by atoms with van der Waals surface area (Å²) in [6.45, 7) is -0.0234. The number of amides is 2. The Kier molecular flexibility index (Phi) is 9.48. The molecule has 2 aromatic carbocycles. The Morgan fingerprint density at radius 3 is 2.24 bits per heavy atom. The molecule has 33 heavy (non-hydrogen) atoms. The summed E-state index contributed by atoms with van der Waals surface area (Å²) in [5.41, 5.74) is -4.14. The summed E-state index contributed by atoms with van der Waals surface area (Å²) in [5, 5.41) is 13.8. The van der Waals surface area contributed by atoms with Gasteiger partial charge in [-0.05, 0) is 17.5 Å². The van der Waals surface area contributed by atoms with Crippen LogP contribution in [0.5, 0.6) is 0 Å². The summed E-state index contributed by atoms with van der Waals surface area (Å²) in [4.78, 5) is 42.4. The number of benzene rings is 2. The van der Waals surface area contributed by atoms with Crippen molar-refractivity contribution in [2.75, 3.05) is 13.2 Å². The minimum absolute atomic E-state index is 0.0301. The SMILES string of the molecule is O=C(N[C@@H](Cc1ccc(C(F)(F)P(=O)(O)O)cc1)C(=O)NCCCO)OCc1ccccc1. The normalized spacial score (nSPS) is 12.6. The van der Waals surface area contributed by atoms with Gasteiger partial charge in [0.2, 0.25) is 5.91 Å². The highest BCUT2D eigenvalue weighted by atomic mass is 31.2. The quantitative estimate of drug-likeness (QED) is 0.242. The van der Waals surface area contributed by atoms with Crippen molar-refractivity contribution >= 4 is 19.6 Å². The molecule has 12 heteroatoms. The molecule has 0 aliphatic heterocycles. The lowest BCUT2D eigenvalue weighted by Gasteiger charge is -2.20. The molecule has 5 N–H and O–H groups in total. The molecule has 0 heterocycles. The predicted octanol–water partition coefficient (Wildman–Crippen LogP) is 2.25. The zero-order chi connectivity index (χ0) is 24.5. The molecule has 9 nitrogen and oxygen atoms in total. The number of halogens is 2. The molecule has 2 amide bonds. The number of hydrogen-bond donors (Lipinski definition) is 5. The van der Waals surface area contributed by atoms with Gasteiger partial charge in [-0.2, -0.15) is 8.78 Å². The first-order valence-corrected chi connectivity index (χ1v) is 11.5. The van der Waals surface area contributed by atoms with Gasteiger partial charge < -0.3 is 30.3 Å². The Morgan fingerprint density at radius 2 is 1.67 bits per heavy atom.